The van der Waals surface area contributed by atoms with Gasteiger partial charge in [-0.1, -0.05) is 41.9 Å². The predicted molar refractivity (Wildman–Crippen MR) is 123 cm³/mol. The number of piperazine rings is 1. The summed E-state index contributed by atoms with van der Waals surface area (Å²) in [5.74, 6) is -2.78. The van der Waals surface area contributed by atoms with Gasteiger partial charge in [0.2, 0.25) is 15.9 Å². The van der Waals surface area contributed by atoms with E-state index in [0.29, 0.717) is 18.1 Å². The summed E-state index contributed by atoms with van der Waals surface area (Å²) in [6.07, 6.45) is -4.94. The molecule has 35 heavy (non-hydrogen) atoms. The van der Waals surface area contributed by atoms with Crippen molar-refractivity contribution in [3.8, 4) is 0 Å². The first-order chi connectivity index (χ1) is 16.4. The summed E-state index contributed by atoms with van der Waals surface area (Å²) in [6.45, 7) is 3.11. The minimum atomic E-state index is -5.08. The largest absolute Gasteiger partial charge is 0.490 e. The maximum Gasteiger partial charge on any atom is 0.490 e. The quantitative estimate of drug-likeness (QED) is 0.564. The van der Waals surface area contributed by atoms with Crippen LogP contribution in [-0.4, -0.2) is 73.5 Å². The lowest BCUT2D eigenvalue weighted by Crippen LogP contribution is -2.47. The summed E-state index contributed by atoms with van der Waals surface area (Å²) in [7, 11) is -3.73. The van der Waals surface area contributed by atoms with E-state index in [1.807, 2.05) is 6.07 Å². The minimum Gasteiger partial charge on any atom is -0.475 e. The average molecular weight is 536 g/mol. The lowest BCUT2D eigenvalue weighted by atomic mass is 10.2. The molecule has 1 fully saturated rings. The molecule has 0 bridgehead atoms. The van der Waals surface area contributed by atoms with Crippen LogP contribution in [0.3, 0.4) is 0 Å². The standard InChI is InChI=1S/C20H24ClN3O3S.C2HF3O2/c21-18-6-4-5-17(15-18)16-24(28(26,27)19-7-2-1-3-8-19)12-9-20(25)23-13-10-22-11-14-23;3-2(4,5)1(6)7/h1-8,15,22H,9-14,16H2;(H,6,7). The van der Waals surface area contributed by atoms with Gasteiger partial charge in [0, 0.05) is 50.7 Å². The van der Waals surface area contributed by atoms with Crippen molar-refractivity contribution in [1.29, 1.82) is 0 Å². The molecule has 0 atom stereocenters. The van der Waals surface area contributed by atoms with Gasteiger partial charge in [-0.05, 0) is 29.8 Å². The predicted octanol–water partition coefficient (Wildman–Crippen LogP) is 2.99. The number of aliphatic carboxylic acids is 1. The normalized spacial score (nSPS) is 14.3. The number of hydrogen-bond donors (Lipinski definition) is 2. The Morgan fingerprint density at radius 2 is 1.66 bits per heavy atom. The van der Waals surface area contributed by atoms with Gasteiger partial charge < -0.3 is 15.3 Å². The summed E-state index contributed by atoms with van der Waals surface area (Å²) in [5, 5.41) is 10.9. The fraction of sp³-hybridized carbons (Fsp3) is 0.364. The Hall–Kier alpha value is -2.67. The second-order valence-electron chi connectivity index (χ2n) is 7.47. The molecule has 1 saturated heterocycles. The van der Waals surface area contributed by atoms with E-state index in [-0.39, 0.29) is 30.3 Å². The van der Waals surface area contributed by atoms with Crippen molar-refractivity contribution >= 4 is 33.5 Å². The Labute approximate surface area is 206 Å². The van der Waals surface area contributed by atoms with Gasteiger partial charge in [0.15, 0.2) is 0 Å². The zero-order valence-corrected chi connectivity index (χ0v) is 20.1. The van der Waals surface area contributed by atoms with Crippen LogP contribution < -0.4 is 5.32 Å². The number of nitrogens with zero attached hydrogens (tertiary/aromatic N) is 2. The zero-order valence-electron chi connectivity index (χ0n) is 18.5. The van der Waals surface area contributed by atoms with E-state index in [1.165, 1.54) is 4.31 Å². The molecule has 192 valence electrons. The monoisotopic (exact) mass is 535 g/mol. The van der Waals surface area contributed by atoms with Crippen LogP contribution in [0.2, 0.25) is 5.02 Å². The number of carboxylic acids is 1. The molecule has 0 saturated carbocycles. The summed E-state index contributed by atoms with van der Waals surface area (Å²) < 4.78 is 59.4. The molecule has 8 nitrogen and oxygen atoms in total. The molecule has 1 aliphatic rings. The number of halogens is 4. The molecule has 0 spiro atoms. The lowest BCUT2D eigenvalue weighted by molar-refractivity contribution is -0.192. The lowest BCUT2D eigenvalue weighted by Gasteiger charge is -2.29. The molecule has 1 amide bonds. The van der Waals surface area contributed by atoms with E-state index in [4.69, 9.17) is 21.5 Å². The number of amides is 1. The van der Waals surface area contributed by atoms with E-state index in [0.717, 1.165) is 18.7 Å². The SMILES string of the molecule is O=C(CCN(Cc1cccc(Cl)c1)S(=O)(=O)c1ccccc1)N1CCNCC1.O=C(O)C(F)(F)F. The van der Waals surface area contributed by atoms with E-state index in [2.05, 4.69) is 5.32 Å². The third kappa shape index (κ3) is 9.13. The number of carbonyl (C=O) groups is 2. The third-order valence-corrected chi connectivity index (χ3v) is 7.01. The molecule has 0 aromatic heterocycles. The zero-order chi connectivity index (χ0) is 26.1. The Morgan fingerprint density at radius 3 is 2.20 bits per heavy atom. The Bertz CT molecular complexity index is 1100. The number of carbonyl (C=O) groups excluding carboxylic acids is 1. The highest BCUT2D eigenvalue weighted by molar-refractivity contribution is 7.89. The summed E-state index contributed by atoms with van der Waals surface area (Å²) in [6, 6.07) is 15.4. The van der Waals surface area contributed by atoms with Crippen LogP contribution in [0.25, 0.3) is 0 Å². The van der Waals surface area contributed by atoms with Gasteiger partial charge in [-0.25, -0.2) is 13.2 Å². The van der Waals surface area contributed by atoms with Crippen molar-refractivity contribution in [3.63, 3.8) is 0 Å². The number of carboxylic acid groups (broad SMARTS) is 1. The second-order valence-corrected chi connectivity index (χ2v) is 9.84. The van der Waals surface area contributed by atoms with Gasteiger partial charge in [0.1, 0.15) is 0 Å². The molecule has 13 heteroatoms. The van der Waals surface area contributed by atoms with Crippen molar-refractivity contribution in [1.82, 2.24) is 14.5 Å². The highest BCUT2D eigenvalue weighted by Crippen LogP contribution is 2.20. The second kappa shape index (κ2) is 12.9. The van der Waals surface area contributed by atoms with Crippen LogP contribution >= 0.6 is 11.6 Å². The van der Waals surface area contributed by atoms with Gasteiger partial charge in [-0.2, -0.15) is 17.5 Å². The first-order valence-corrected chi connectivity index (χ1v) is 12.3. The molecule has 2 aromatic carbocycles. The number of rotatable bonds is 7. The van der Waals surface area contributed by atoms with Crippen LogP contribution in [0.4, 0.5) is 13.2 Å². The molecule has 1 heterocycles. The van der Waals surface area contributed by atoms with Crippen molar-refractivity contribution < 1.29 is 36.3 Å². The van der Waals surface area contributed by atoms with E-state index in [1.54, 1.807) is 53.4 Å². The van der Waals surface area contributed by atoms with Crippen molar-refractivity contribution in [2.75, 3.05) is 32.7 Å². The number of hydrogen-bond acceptors (Lipinski definition) is 5. The number of sulfonamides is 1. The van der Waals surface area contributed by atoms with Crippen molar-refractivity contribution in [2.45, 2.75) is 24.0 Å². The summed E-state index contributed by atoms with van der Waals surface area (Å²) in [4.78, 5) is 23.4. The maximum atomic E-state index is 13.2. The molecule has 0 radical (unpaired) electrons. The number of benzene rings is 2. The van der Waals surface area contributed by atoms with Gasteiger partial charge >= 0.3 is 12.1 Å². The van der Waals surface area contributed by atoms with Crippen molar-refractivity contribution in [3.05, 3.63) is 65.2 Å². The van der Waals surface area contributed by atoms with E-state index >= 15 is 0 Å². The van der Waals surface area contributed by atoms with Gasteiger partial charge in [0.25, 0.3) is 0 Å². The first kappa shape index (κ1) is 28.6. The molecule has 0 unspecified atom stereocenters. The van der Waals surface area contributed by atoms with Crippen LogP contribution in [0.5, 0.6) is 0 Å². The molecular formula is C22H25ClF3N3O5S. The summed E-state index contributed by atoms with van der Waals surface area (Å²) in [5.41, 5.74) is 0.779. The molecule has 3 rings (SSSR count). The fourth-order valence-corrected chi connectivity index (χ4v) is 4.82. The van der Waals surface area contributed by atoms with Crippen LogP contribution in [0, 0.1) is 0 Å². The van der Waals surface area contributed by atoms with Crippen LogP contribution in [-0.2, 0) is 26.2 Å². The van der Waals surface area contributed by atoms with E-state index in [9.17, 15) is 26.4 Å². The fourth-order valence-electron chi connectivity index (χ4n) is 3.16. The molecular weight excluding hydrogens is 511 g/mol. The molecule has 1 aliphatic heterocycles. The highest BCUT2D eigenvalue weighted by Gasteiger charge is 2.38. The van der Waals surface area contributed by atoms with Crippen molar-refractivity contribution in [2.24, 2.45) is 0 Å². The Balaban J connectivity index is 0.000000540. The number of nitrogens with one attached hydrogen (secondary N) is 1. The highest BCUT2D eigenvalue weighted by atomic mass is 35.5. The Morgan fingerprint density at radius 1 is 1.06 bits per heavy atom. The Kier molecular flexibility index (Phi) is 10.5. The van der Waals surface area contributed by atoms with Crippen LogP contribution in [0.15, 0.2) is 59.5 Å². The van der Waals surface area contributed by atoms with Gasteiger partial charge in [-0.3, -0.25) is 4.79 Å². The minimum absolute atomic E-state index is 0.0270. The van der Waals surface area contributed by atoms with Gasteiger partial charge in [-0.15, -0.1) is 0 Å². The van der Waals surface area contributed by atoms with Gasteiger partial charge in [0.05, 0.1) is 4.90 Å². The smallest absolute Gasteiger partial charge is 0.475 e. The summed E-state index contributed by atoms with van der Waals surface area (Å²) >= 11 is 6.05. The topological polar surface area (TPSA) is 107 Å². The average Bonchev–Trinajstić information content (AvgIpc) is 2.82. The number of alkyl halides is 3. The maximum absolute atomic E-state index is 13.2. The molecule has 2 aromatic rings. The molecule has 0 aliphatic carbocycles. The third-order valence-electron chi connectivity index (χ3n) is 4.92. The van der Waals surface area contributed by atoms with E-state index < -0.39 is 22.2 Å². The molecule has 2 N–H and O–H groups in total. The first-order valence-electron chi connectivity index (χ1n) is 10.5. The van der Waals surface area contributed by atoms with Crippen LogP contribution in [0.1, 0.15) is 12.0 Å².